The van der Waals surface area contributed by atoms with E-state index in [-0.39, 0.29) is 52.4 Å². The molecule has 0 bridgehead atoms. The second-order valence-electron chi connectivity index (χ2n) is 7.04. The summed E-state index contributed by atoms with van der Waals surface area (Å²) in [6.45, 7) is 0.951. The third-order valence-electron chi connectivity index (χ3n) is 5.08. The van der Waals surface area contributed by atoms with Crippen LogP contribution in [0.5, 0.6) is 5.75 Å². The van der Waals surface area contributed by atoms with Crippen LogP contribution in [0.2, 0.25) is 0 Å². The average molecular weight is 500 g/mol. The predicted octanol–water partition coefficient (Wildman–Crippen LogP) is 1.43. The lowest BCUT2D eigenvalue weighted by Gasteiger charge is -2.26. The third-order valence-corrected chi connectivity index (χ3v) is 9.37. The van der Waals surface area contributed by atoms with E-state index in [9.17, 15) is 21.6 Å². The van der Waals surface area contributed by atoms with Gasteiger partial charge < -0.3 is 14.0 Å². The van der Waals surface area contributed by atoms with Crippen molar-refractivity contribution in [2.75, 3.05) is 38.1 Å². The van der Waals surface area contributed by atoms with E-state index < -0.39 is 20.0 Å². The van der Waals surface area contributed by atoms with Gasteiger partial charge in [-0.05, 0) is 36.4 Å². The van der Waals surface area contributed by atoms with Gasteiger partial charge in [-0.1, -0.05) is 11.3 Å². The SMILES string of the molecule is COc1ccc(NS(=O)(=O)c2ccc3c(c2)sc(=O)n3C)cc1S(=O)(=O)N1CCOCC1. The molecule has 2 aromatic carbocycles. The highest BCUT2D eigenvalue weighted by molar-refractivity contribution is 7.92. The first kappa shape index (κ1) is 22.7. The number of methoxy groups -OCH3 is 1. The Balaban J connectivity index is 1.70. The van der Waals surface area contributed by atoms with Gasteiger partial charge >= 0.3 is 4.87 Å². The lowest BCUT2D eigenvalue weighted by Crippen LogP contribution is -2.40. The lowest BCUT2D eigenvalue weighted by molar-refractivity contribution is 0.0729. The number of thiazole rings is 1. The van der Waals surface area contributed by atoms with Crippen molar-refractivity contribution in [1.29, 1.82) is 0 Å². The summed E-state index contributed by atoms with van der Waals surface area (Å²) in [6, 6.07) is 8.43. The Kier molecular flexibility index (Phi) is 6.02. The number of anilines is 1. The Morgan fingerprint density at radius 2 is 1.78 bits per heavy atom. The minimum Gasteiger partial charge on any atom is -0.495 e. The Morgan fingerprint density at radius 3 is 2.47 bits per heavy atom. The quantitative estimate of drug-likeness (QED) is 0.544. The van der Waals surface area contributed by atoms with Gasteiger partial charge in [-0.2, -0.15) is 4.31 Å². The second kappa shape index (κ2) is 8.48. The van der Waals surface area contributed by atoms with Crippen LogP contribution in [0.25, 0.3) is 10.2 Å². The maximum absolute atomic E-state index is 13.1. The molecule has 32 heavy (non-hydrogen) atoms. The van der Waals surface area contributed by atoms with Crippen LogP contribution in [0.4, 0.5) is 5.69 Å². The fourth-order valence-electron chi connectivity index (χ4n) is 3.36. The van der Waals surface area contributed by atoms with Crippen molar-refractivity contribution in [2.45, 2.75) is 9.79 Å². The minimum absolute atomic E-state index is 0.0414. The number of ether oxygens (including phenoxy) is 2. The number of nitrogens with zero attached hydrogens (tertiary/aromatic N) is 2. The number of aromatic nitrogens is 1. The summed E-state index contributed by atoms with van der Waals surface area (Å²) in [4.78, 5) is 11.5. The topological polar surface area (TPSA) is 124 Å². The highest BCUT2D eigenvalue weighted by Crippen LogP contribution is 2.31. The molecule has 10 nitrogen and oxygen atoms in total. The Bertz CT molecular complexity index is 1440. The minimum atomic E-state index is -4.04. The highest BCUT2D eigenvalue weighted by Gasteiger charge is 2.30. The van der Waals surface area contributed by atoms with Gasteiger partial charge in [-0.25, -0.2) is 16.8 Å². The Morgan fingerprint density at radius 1 is 1.06 bits per heavy atom. The van der Waals surface area contributed by atoms with Crippen molar-refractivity contribution in [3.63, 3.8) is 0 Å². The van der Waals surface area contributed by atoms with E-state index in [4.69, 9.17) is 9.47 Å². The van der Waals surface area contributed by atoms with Crippen molar-refractivity contribution in [1.82, 2.24) is 8.87 Å². The van der Waals surface area contributed by atoms with Crippen LogP contribution in [-0.4, -0.2) is 59.1 Å². The van der Waals surface area contributed by atoms with Crippen molar-refractivity contribution >= 4 is 47.3 Å². The van der Waals surface area contributed by atoms with Crippen LogP contribution < -0.4 is 14.3 Å². The maximum Gasteiger partial charge on any atom is 0.307 e. The molecule has 1 saturated heterocycles. The molecule has 0 amide bonds. The number of hydrogen-bond acceptors (Lipinski definition) is 8. The van der Waals surface area contributed by atoms with Crippen LogP contribution in [0.15, 0.2) is 51.0 Å². The molecular formula is C19H21N3O7S3. The van der Waals surface area contributed by atoms with E-state index in [2.05, 4.69) is 4.72 Å². The van der Waals surface area contributed by atoms with E-state index in [1.54, 1.807) is 13.1 Å². The summed E-state index contributed by atoms with van der Waals surface area (Å²) in [5.74, 6) is 0.106. The Hall–Kier alpha value is -2.45. The fraction of sp³-hybridized carbons (Fsp3) is 0.316. The van der Waals surface area contributed by atoms with Crippen molar-refractivity contribution < 1.29 is 26.3 Å². The molecule has 1 aromatic heterocycles. The molecule has 0 radical (unpaired) electrons. The molecule has 3 aromatic rings. The summed E-state index contributed by atoms with van der Waals surface area (Å²) in [5.41, 5.74) is 0.696. The zero-order valence-corrected chi connectivity index (χ0v) is 19.7. The molecule has 4 rings (SSSR count). The van der Waals surface area contributed by atoms with Crippen molar-refractivity contribution in [3.8, 4) is 5.75 Å². The molecule has 0 unspecified atom stereocenters. The number of sulfonamides is 2. The van der Waals surface area contributed by atoms with Gasteiger partial charge in [0, 0.05) is 20.1 Å². The number of nitrogens with one attached hydrogen (secondary N) is 1. The van der Waals surface area contributed by atoms with E-state index in [1.165, 1.54) is 46.3 Å². The zero-order chi connectivity index (χ0) is 23.1. The number of aryl methyl sites for hydroxylation is 1. The normalized spacial score (nSPS) is 15.7. The maximum atomic E-state index is 13.1. The standard InChI is InChI=1S/C19H21N3O7S3/c1-21-15-5-4-14(12-17(15)30-19(21)23)31(24,25)20-13-3-6-16(28-2)18(11-13)32(26,27)22-7-9-29-10-8-22/h3-6,11-12,20H,7-10H2,1-2H3. The number of fused-ring (bicyclic) bond motifs is 1. The summed E-state index contributed by atoms with van der Waals surface area (Å²) < 4.78 is 68.2. The summed E-state index contributed by atoms with van der Waals surface area (Å²) in [7, 11) is -5.00. The predicted molar refractivity (Wildman–Crippen MR) is 120 cm³/mol. The molecule has 0 saturated carbocycles. The third kappa shape index (κ3) is 4.13. The molecule has 1 fully saturated rings. The molecule has 1 aliphatic heterocycles. The van der Waals surface area contributed by atoms with Gasteiger partial charge in [0.1, 0.15) is 10.6 Å². The molecule has 0 spiro atoms. The number of rotatable bonds is 6. The highest BCUT2D eigenvalue weighted by atomic mass is 32.2. The first-order chi connectivity index (χ1) is 15.1. The summed E-state index contributed by atoms with van der Waals surface area (Å²) >= 11 is 0.945. The molecule has 0 aliphatic carbocycles. The van der Waals surface area contributed by atoms with Crippen LogP contribution >= 0.6 is 11.3 Å². The van der Waals surface area contributed by atoms with Crippen LogP contribution in [0, 0.1) is 0 Å². The van der Waals surface area contributed by atoms with E-state index in [0.29, 0.717) is 10.2 Å². The Labute approximate surface area is 189 Å². The molecule has 172 valence electrons. The lowest BCUT2D eigenvalue weighted by atomic mass is 10.3. The summed E-state index contributed by atoms with van der Waals surface area (Å²) in [5, 5.41) is 0. The smallest absolute Gasteiger partial charge is 0.307 e. The van der Waals surface area contributed by atoms with Crippen molar-refractivity contribution in [2.24, 2.45) is 7.05 Å². The van der Waals surface area contributed by atoms with E-state index >= 15 is 0 Å². The monoisotopic (exact) mass is 499 g/mol. The first-order valence-electron chi connectivity index (χ1n) is 9.52. The largest absolute Gasteiger partial charge is 0.495 e. The van der Waals surface area contributed by atoms with Gasteiger partial charge in [0.2, 0.25) is 10.0 Å². The molecule has 13 heteroatoms. The number of benzene rings is 2. The molecular weight excluding hydrogens is 478 g/mol. The number of morpholine rings is 1. The average Bonchev–Trinajstić information content (AvgIpc) is 3.07. The number of hydrogen-bond donors (Lipinski definition) is 1. The second-order valence-corrected chi connectivity index (χ2v) is 11.6. The zero-order valence-electron chi connectivity index (χ0n) is 17.3. The van der Waals surface area contributed by atoms with Gasteiger partial charge in [-0.15, -0.1) is 0 Å². The van der Waals surface area contributed by atoms with Gasteiger partial charge in [0.25, 0.3) is 10.0 Å². The molecule has 1 N–H and O–H groups in total. The summed E-state index contributed by atoms with van der Waals surface area (Å²) in [6.07, 6.45) is 0. The van der Waals surface area contributed by atoms with Gasteiger partial charge in [-0.3, -0.25) is 9.52 Å². The van der Waals surface area contributed by atoms with Crippen LogP contribution in [0.1, 0.15) is 0 Å². The van der Waals surface area contributed by atoms with Crippen LogP contribution in [0.3, 0.4) is 0 Å². The van der Waals surface area contributed by atoms with E-state index in [1.807, 2.05) is 0 Å². The van der Waals surface area contributed by atoms with Gasteiger partial charge in [0.15, 0.2) is 0 Å². The first-order valence-corrected chi connectivity index (χ1v) is 13.3. The molecule has 0 atom stereocenters. The van der Waals surface area contributed by atoms with Gasteiger partial charge in [0.05, 0.1) is 41.1 Å². The molecule has 2 heterocycles. The fourth-order valence-corrected chi connectivity index (χ4v) is 7.02. The van der Waals surface area contributed by atoms with Crippen molar-refractivity contribution in [3.05, 3.63) is 46.1 Å². The van der Waals surface area contributed by atoms with Crippen LogP contribution in [-0.2, 0) is 31.8 Å². The van der Waals surface area contributed by atoms with E-state index in [0.717, 1.165) is 11.3 Å². The molecule has 1 aliphatic rings.